The monoisotopic (exact) mass is 258 g/mol. The number of nitrogens with two attached hydrogens (primary N) is 1. The van der Waals surface area contributed by atoms with Gasteiger partial charge >= 0.3 is 0 Å². The molecule has 1 fully saturated rings. The highest BCUT2D eigenvalue weighted by Crippen LogP contribution is 2.39. The molecule has 3 rings (SSSR count). The van der Waals surface area contributed by atoms with Crippen molar-refractivity contribution in [1.29, 1.82) is 0 Å². The zero-order chi connectivity index (χ0) is 13.5. The van der Waals surface area contributed by atoms with Gasteiger partial charge in [-0.05, 0) is 48.8 Å². The van der Waals surface area contributed by atoms with Crippen molar-refractivity contribution in [3.8, 4) is 0 Å². The zero-order valence-electron chi connectivity index (χ0n) is 12.3. The second kappa shape index (κ2) is 4.60. The molecule has 1 heterocycles. The fourth-order valence-electron chi connectivity index (χ4n) is 4.00. The Morgan fingerprint density at radius 3 is 2.32 bits per heavy atom. The Balaban J connectivity index is 1.86. The van der Waals surface area contributed by atoms with Crippen LogP contribution in [0.25, 0.3) is 0 Å². The lowest BCUT2D eigenvalue weighted by atomic mass is 9.80. The number of fused-ring (bicyclic) bond motifs is 1. The van der Waals surface area contributed by atoms with Crippen molar-refractivity contribution in [1.82, 2.24) is 4.90 Å². The number of rotatable bonds is 2. The van der Waals surface area contributed by atoms with E-state index in [-0.39, 0.29) is 5.54 Å². The Morgan fingerprint density at radius 2 is 1.79 bits per heavy atom. The molecular formula is C17H26N2. The predicted octanol–water partition coefficient (Wildman–Crippen LogP) is 2.60. The first-order valence-corrected chi connectivity index (χ1v) is 7.57. The molecule has 0 radical (unpaired) electrons. The van der Waals surface area contributed by atoms with E-state index in [1.807, 2.05) is 0 Å². The van der Waals surface area contributed by atoms with Crippen molar-refractivity contribution >= 4 is 0 Å². The van der Waals surface area contributed by atoms with Crippen LogP contribution in [-0.4, -0.2) is 30.1 Å². The molecule has 0 unspecified atom stereocenters. The maximum absolute atomic E-state index is 6.23. The van der Waals surface area contributed by atoms with E-state index in [0.717, 1.165) is 19.4 Å². The van der Waals surface area contributed by atoms with E-state index >= 15 is 0 Å². The van der Waals surface area contributed by atoms with Gasteiger partial charge < -0.3 is 5.73 Å². The lowest BCUT2D eigenvalue weighted by Gasteiger charge is -2.48. The minimum absolute atomic E-state index is 0.182. The Hall–Kier alpha value is -0.860. The highest BCUT2D eigenvalue weighted by molar-refractivity contribution is 5.36. The van der Waals surface area contributed by atoms with Crippen LogP contribution in [-0.2, 0) is 12.8 Å². The second-order valence-electron chi connectivity index (χ2n) is 7.24. The van der Waals surface area contributed by atoms with Gasteiger partial charge in [0.05, 0.1) is 0 Å². The summed E-state index contributed by atoms with van der Waals surface area (Å²) in [5.41, 5.74) is 9.87. The Kier molecular flexibility index (Phi) is 3.18. The van der Waals surface area contributed by atoms with Gasteiger partial charge in [0.1, 0.15) is 0 Å². The van der Waals surface area contributed by atoms with E-state index in [2.05, 4.69) is 43.0 Å². The van der Waals surface area contributed by atoms with Gasteiger partial charge in [-0.3, -0.25) is 4.90 Å². The van der Waals surface area contributed by atoms with Crippen molar-refractivity contribution in [3.63, 3.8) is 0 Å². The molecule has 1 aliphatic heterocycles. The smallest absolute Gasteiger partial charge is 0.0412 e. The third-order valence-electron chi connectivity index (χ3n) is 5.11. The number of nitrogens with zero attached hydrogens (tertiary/aromatic N) is 1. The predicted molar refractivity (Wildman–Crippen MR) is 80.2 cm³/mol. The van der Waals surface area contributed by atoms with Crippen LogP contribution in [0.3, 0.4) is 0 Å². The summed E-state index contributed by atoms with van der Waals surface area (Å²) >= 11 is 0. The molecule has 0 atom stereocenters. The van der Waals surface area contributed by atoms with E-state index in [1.54, 1.807) is 0 Å². The summed E-state index contributed by atoms with van der Waals surface area (Å²) in [6.07, 6.45) is 4.92. The fourth-order valence-corrected chi connectivity index (χ4v) is 4.00. The third-order valence-corrected chi connectivity index (χ3v) is 5.11. The quantitative estimate of drug-likeness (QED) is 0.883. The Labute approximate surface area is 117 Å². The molecule has 0 spiro atoms. The van der Waals surface area contributed by atoms with Gasteiger partial charge in [0.2, 0.25) is 0 Å². The average Bonchev–Trinajstić information content (AvgIpc) is 2.77. The van der Waals surface area contributed by atoms with Crippen LogP contribution in [0.5, 0.6) is 0 Å². The van der Waals surface area contributed by atoms with Crippen molar-refractivity contribution in [2.24, 2.45) is 11.1 Å². The number of piperidine rings is 1. The topological polar surface area (TPSA) is 29.3 Å². The van der Waals surface area contributed by atoms with Crippen LogP contribution in [0.1, 0.15) is 37.8 Å². The van der Waals surface area contributed by atoms with E-state index in [4.69, 9.17) is 5.73 Å². The Bertz CT molecular complexity index is 439. The van der Waals surface area contributed by atoms with Crippen molar-refractivity contribution in [3.05, 3.63) is 35.4 Å². The third kappa shape index (κ3) is 2.32. The standard InChI is InChI=1S/C17H26N2/c1-16(2)8-5-9-19(13-16)17(12-18)10-14-6-3-4-7-15(14)11-17/h3-4,6-7H,5,8-13,18H2,1-2H3. The summed E-state index contributed by atoms with van der Waals surface area (Å²) < 4.78 is 0. The maximum atomic E-state index is 6.23. The summed E-state index contributed by atoms with van der Waals surface area (Å²) in [5, 5.41) is 0. The van der Waals surface area contributed by atoms with Crippen LogP contribution < -0.4 is 5.73 Å². The van der Waals surface area contributed by atoms with Crippen molar-refractivity contribution in [2.45, 2.75) is 45.1 Å². The number of hydrogen-bond donors (Lipinski definition) is 1. The van der Waals surface area contributed by atoms with Gasteiger partial charge in [0.15, 0.2) is 0 Å². The molecule has 1 aromatic carbocycles. The van der Waals surface area contributed by atoms with Gasteiger partial charge in [-0.1, -0.05) is 38.1 Å². The highest BCUT2D eigenvalue weighted by Gasteiger charge is 2.43. The first kappa shape index (κ1) is 13.1. The summed E-state index contributed by atoms with van der Waals surface area (Å²) in [6.45, 7) is 7.97. The molecule has 2 aliphatic rings. The molecule has 2 N–H and O–H groups in total. The SMILES string of the molecule is CC1(C)CCCN(C2(CN)Cc3ccccc3C2)C1. The maximum Gasteiger partial charge on any atom is 0.0412 e. The molecule has 104 valence electrons. The normalized spacial score (nSPS) is 25.2. The molecule has 1 aliphatic carbocycles. The summed E-state index contributed by atoms with van der Waals surface area (Å²) in [4.78, 5) is 2.69. The average molecular weight is 258 g/mol. The molecule has 0 aromatic heterocycles. The van der Waals surface area contributed by atoms with Gasteiger partial charge in [0, 0.05) is 18.6 Å². The lowest BCUT2D eigenvalue weighted by molar-refractivity contribution is 0.0236. The van der Waals surface area contributed by atoms with Crippen LogP contribution in [0, 0.1) is 5.41 Å². The van der Waals surface area contributed by atoms with Gasteiger partial charge in [-0.2, -0.15) is 0 Å². The van der Waals surface area contributed by atoms with Crippen LogP contribution in [0.2, 0.25) is 0 Å². The summed E-state index contributed by atoms with van der Waals surface area (Å²) in [5.74, 6) is 0. The summed E-state index contributed by atoms with van der Waals surface area (Å²) in [6, 6.07) is 8.88. The molecule has 2 nitrogen and oxygen atoms in total. The fraction of sp³-hybridized carbons (Fsp3) is 0.647. The Morgan fingerprint density at radius 1 is 1.16 bits per heavy atom. The first-order chi connectivity index (χ1) is 9.05. The summed E-state index contributed by atoms with van der Waals surface area (Å²) in [7, 11) is 0. The van der Waals surface area contributed by atoms with Gasteiger partial charge in [-0.15, -0.1) is 0 Å². The zero-order valence-corrected chi connectivity index (χ0v) is 12.3. The highest BCUT2D eigenvalue weighted by atomic mass is 15.2. The van der Waals surface area contributed by atoms with Gasteiger partial charge in [-0.25, -0.2) is 0 Å². The van der Waals surface area contributed by atoms with Crippen molar-refractivity contribution < 1.29 is 0 Å². The lowest BCUT2D eigenvalue weighted by Crippen LogP contribution is -2.59. The molecule has 2 heteroatoms. The number of benzene rings is 1. The molecular weight excluding hydrogens is 232 g/mol. The molecule has 0 amide bonds. The largest absolute Gasteiger partial charge is 0.329 e. The molecule has 1 aromatic rings. The van der Waals surface area contributed by atoms with E-state index < -0.39 is 0 Å². The molecule has 0 saturated carbocycles. The second-order valence-corrected chi connectivity index (χ2v) is 7.24. The molecule has 1 saturated heterocycles. The van der Waals surface area contributed by atoms with E-state index in [1.165, 1.54) is 37.1 Å². The van der Waals surface area contributed by atoms with Crippen molar-refractivity contribution in [2.75, 3.05) is 19.6 Å². The van der Waals surface area contributed by atoms with E-state index in [0.29, 0.717) is 5.41 Å². The van der Waals surface area contributed by atoms with E-state index in [9.17, 15) is 0 Å². The number of hydrogen-bond acceptors (Lipinski definition) is 2. The van der Waals surface area contributed by atoms with Crippen LogP contribution >= 0.6 is 0 Å². The number of likely N-dealkylation sites (tertiary alicyclic amines) is 1. The molecule has 19 heavy (non-hydrogen) atoms. The minimum Gasteiger partial charge on any atom is -0.329 e. The minimum atomic E-state index is 0.182. The van der Waals surface area contributed by atoms with Crippen LogP contribution in [0.4, 0.5) is 0 Å². The molecule has 0 bridgehead atoms. The van der Waals surface area contributed by atoms with Gasteiger partial charge in [0.25, 0.3) is 0 Å². The first-order valence-electron chi connectivity index (χ1n) is 7.57. The van der Waals surface area contributed by atoms with Crippen LogP contribution in [0.15, 0.2) is 24.3 Å².